The lowest BCUT2D eigenvalue weighted by atomic mass is 9.79. The van der Waals surface area contributed by atoms with Gasteiger partial charge in [0.05, 0.1) is 11.8 Å². The largest absolute Gasteiger partial charge is 0.386 e. The molecule has 1 atom stereocenters. The van der Waals surface area contributed by atoms with Crippen LogP contribution in [0.2, 0.25) is 0 Å². The van der Waals surface area contributed by atoms with E-state index in [4.69, 9.17) is 5.73 Å². The van der Waals surface area contributed by atoms with Crippen LogP contribution in [0.25, 0.3) is 0 Å². The summed E-state index contributed by atoms with van der Waals surface area (Å²) < 4.78 is 0.995. The zero-order chi connectivity index (χ0) is 17.5. The van der Waals surface area contributed by atoms with Crippen molar-refractivity contribution in [3.63, 3.8) is 0 Å². The van der Waals surface area contributed by atoms with E-state index in [1.165, 1.54) is 12.4 Å². The molecule has 1 heterocycles. The number of rotatable bonds is 4. The third-order valence-corrected chi connectivity index (χ3v) is 4.25. The van der Waals surface area contributed by atoms with Crippen molar-refractivity contribution in [2.75, 3.05) is 0 Å². The number of carbonyl (C=O) groups is 1. The molecule has 3 N–H and O–H groups in total. The van der Waals surface area contributed by atoms with Crippen LogP contribution in [0.5, 0.6) is 0 Å². The van der Waals surface area contributed by atoms with E-state index in [1.54, 1.807) is 0 Å². The predicted octanol–water partition coefficient (Wildman–Crippen LogP) is 4.06. The zero-order valence-corrected chi connectivity index (χ0v) is 15.5. The van der Waals surface area contributed by atoms with Gasteiger partial charge in [-0.05, 0) is 31.0 Å². The molecule has 6 heteroatoms. The van der Waals surface area contributed by atoms with Gasteiger partial charge in [0.15, 0.2) is 0 Å². The van der Waals surface area contributed by atoms with E-state index in [9.17, 15) is 4.79 Å². The van der Waals surface area contributed by atoms with Crippen LogP contribution < -0.4 is 5.73 Å². The van der Waals surface area contributed by atoms with Crippen molar-refractivity contribution >= 4 is 27.7 Å². The topological polar surface area (TPSA) is 84.1 Å². The van der Waals surface area contributed by atoms with Crippen LogP contribution >= 0.6 is 15.9 Å². The van der Waals surface area contributed by atoms with Gasteiger partial charge in [-0.25, -0.2) is 0 Å². The van der Waals surface area contributed by atoms with Crippen LogP contribution in [0.15, 0.2) is 46.1 Å². The Kier molecular flexibility index (Phi) is 7.16. The average molecular weight is 379 g/mol. The third-order valence-electron chi connectivity index (χ3n) is 3.72. The quantitative estimate of drug-likeness (QED) is 0.621. The maximum absolute atomic E-state index is 12.0. The first-order valence-corrected chi connectivity index (χ1v) is 8.40. The number of carbonyl (C=O) groups excluding carboxylic acids is 1. The molecule has 1 amide bonds. The van der Waals surface area contributed by atoms with E-state index in [2.05, 4.69) is 31.1 Å². The van der Waals surface area contributed by atoms with Gasteiger partial charge in [-0.15, -0.1) is 0 Å². The molecule has 0 saturated carbocycles. The molecule has 1 aromatic heterocycles. The summed E-state index contributed by atoms with van der Waals surface area (Å²) >= 11 is 3.41. The third kappa shape index (κ3) is 4.51. The normalized spacial score (nSPS) is 13.7. The van der Waals surface area contributed by atoms with Gasteiger partial charge < -0.3 is 5.73 Å². The van der Waals surface area contributed by atoms with E-state index in [0.29, 0.717) is 11.4 Å². The summed E-state index contributed by atoms with van der Waals surface area (Å²) in [6, 6.07) is 7.87. The molecule has 0 fully saturated rings. The molecule has 0 aliphatic carbocycles. The second-order valence-corrected chi connectivity index (χ2v) is 5.90. The molecular formula is C17H23BrN4O. The minimum absolute atomic E-state index is 0.304. The molecule has 0 spiro atoms. The lowest BCUT2D eigenvalue weighted by Crippen LogP contribution is -2.38. The Balaban J connectivity index is 0.00000127. The number of hydrogen-bond acceptors (Lipinski definition) is 2. The number of nitrogens with two attached hydrogens (primary N) is 1. The number of nitrogens with one attached hydrogen (secondary N) is 1. The predicted molar refractivity (Wildman–Crippen MR) is 97.7 cm³/mol. The number of amides is 1. The highest BCUT2D eigenvalue weighted by Crippen LogP contribution is 2.29. The molecule has 124 valence electrons. The average Bonchev–Trinajstić information content (AvgIpc) is 3.11. The Hall–Kier alpha value is -1.95. The summed E-state index contributed by atoms with van der Waals surface area (Å²) in [4.78, 5) is 16.1. The highest BCUT2D eigenvalue weighted by atomic mass is 79.9. The fourth-order valence-electron chi connectivity index (χ4n) is 2.02. The smallest absolute Gasteiger partial charge is 0.281 e. The van der Waals surface area contributed by atoms with Gasteiger partial charge in [0.1, 0.15) is 5.84 Å². The maximum Gasteiger partial charge on any atom is 0.281 e. The van der Waals surface area contributed by atoms with Crippen LogP contribution in [-0.4, -0.2) is 21.9 Å². The van der Waals surface area contributed by atoms with Crippen molar-refractivity contribution in [2.45, 2.75) is 39.5 Å². The maximum atomic E-state index is 12.0. The second-order valence-electron chi connectivity index (χ2n) is 4.98. The van der Waals surface area contributed by atoms with Crippen LogP contribution in [0.3, 0.4) is 0 Å². The van der Waals surface area contributed by atoms with E-state index in [0.717, 1.165) is 16.5 Å². The monoisotopic (exact) mass is 378 g/mol. The number of halogens is 1. The van der Waals surface area contributed by atoms with Gasteiger partial charge in [0, 0.05) is 16.1 Å². The summed E-state index contributed by atoms with van der Waals surface area (Å²) in [6.07, 6.45) is 3.67. The highest BCUT2D eigenvalue weighted by Gasteiger charge is 2.30. The van der Waals surface area contributed by atoms with Crippen molar-refractivity contribution in [1.29, 1.82) is 0 Å². The Labute approximate surface area is 145 Å². The van der Waals surface area contributed by atoms with E-state index in [-0.39, 0.29) is 0 Å². The highest BCUT2D eigenvalue weighted by molar-refractivity contribution is 9.10. The molecule has 1 aromatic carbocycles. The summed E-state index contributed by atoms with van der Waals surface area (Å²) in [5.74, 6) is -0.0865. The van der Waals surface area contributed by atoms with Crippen LogP contribution in [0, 0.1) is 0 Å². The van der Waals surface area contributed by atoms with Crippen molar-refractivity contribution in [1.82, 2.24) is 10.2 Å². The first-order valence-electron chi connectivity index (χ1n) is 7.61. The fourth-order valence-corrected chi connectivity index (χ4v) is 2.28. The lowest BCUT2D eigenvalue weighted by molar-refractivity contribution is 0.100. The Morgan fingerprint density at radius 1 is 1.35 bits per heavy atom. The summed E-state index contributed by atoms with van der Waals surface area (Å²) in [7, 11) is 0. The minimum atomic E-state index is -0.486. The molecule has 0 aliphatic heterocycles. The first kappa shape index (κ1) is 19.1. The van der Waals surface area contributed by atoms with Crippen molar-refractivity contribution in [2.24, 2.45) is 10.7 Å². The van der Waals surface area contributed by atoms with Gasteiger partial charge in [-0.3, -0.25) is 9.89 Å². The van der Waals surface area contributed by atoms with Gasteiger partial charge in [0.25, 0.3) is 5.91 Å². The molecule has 0 aliphatic rings. The van der Waals surface area contributed by atoms with Crippen molar-refractivity contribution < 1.29 is 4.79 Å². The Bertz CT molecular complexity index is 650. The second kappa shape index (κ2) is 8.62. The van der Waals surface area contributed by atoms with Crippen molar-refractivity contribution in [3.05, 3.63) is 52.3 Å². The molecule has 0 bridgehead atoms. The van der Waals surface area contributed by atoms with Crippen LogP contribution in [0.4, 0.5) is 0 Å². The van der Waals surface area contributed by atoms with E-state index in [1.807, 2.05) is 52.0 Å². The fraction of sp³-hybridized carbons (Fsp3) is 0.353. The number of H-pyrrole nitrogens is 1. The first-order chi connectivity index (χ1) is 11.0. The summed E-state index contributed by atoms with van der Waals surface area (Å²) in [5, 5.41) is 6.33. The number of aliphatic imine (C=N–C) groups is 1. The minimum Gasteiger partial charge on any atom is -0.386 e. The molecule has 5 nitrogen and oxygen atoms in total. The van der Waals surface area contributed by atoms with Crippen LogP contribution in [-0.2, 0) is 5.41 Å². The molecule has 2 rings (SSSR count). The number of amidine groups is 1. The molecule has 2 aromatic rings. The Morgan fingerprint density at radius 2 is 1.96 bits per heavy atom. The molecule has 0 radical (unpaired) electrons. The van der Waals surface area contributed by atoms with Crippen LogP contribution in [0.1, 0.15) is 50.0 Å². The molecule has 0 saturated heterocycles. The van der Waals surface area contributed by atoms with Gasteiger partial charge in [0.2, 0.25) is 0 Å². The summed E-state index contributed by atoms with van der Waals surface area (Å²) in [5.41, 5.74) is 7.06. The van der Waals surface area contributed by atoms with Gasteiger partial charge >= 0.3 is 0 Å². The van der Waals surface area contributed by atoms with E-state index >= 15 is 0 Å². The zero-order valence-electron chi connectivity index (χ0n) is 13.9. The van der Waals surface area contributed by atoms with Gasteiger partial charge in [-0.2, -0.15) is 10.1 Å². The molecule has 1 unspecified atom stereocenters. The summed E-state index contributed by atoms with van der Waals surface area (Å²) in [6.45, 7) is 8.00. The molecular weight excluding hydrogens is 356 g/mol. The SMILES string of the molecule is CC.CCC(C)(C(N)=NC(=O)c1cn[nH]c1)c1ccc(Br)cc1. The lowest BCUT2D eigenvalue weighted by Gasteiger charge is -2.28. The number of aromatic amines is 1. The number of aromatic nitrogens is 2. The number of benzene rings is 1. The standard InChI is InChI=1S/C15H17BrN4O.C2H6/c1-3-15(2,11-4-6-12(16)7-5-11)14(17)20-13(21)10-8-18-19-9-10;1-2/h4-9H,3H2,1-2H3,(H,18,19)(H2,17,20,21);1-2H3. The number of nitrogens with zero attached hydrogens (tertiary/aromatic N) is 2. The molecule has 23 heavy (non-hydrogen) atoms. The van der Waals surface area contributed by atoms with Crippen molar-refractivity contribution in [3.8, 4) is 0 Å². The van der Waals surface area contributed by atoms with E-state index < -0.39 is 11.3 Å². The van der Waals surface area contributed by atoms with Gasteiger partial charge in [-0.1, -0.05) is 48.8 Å². The number of hydrogen-bond donors (Lipinski definition) is 2. The Morgan fingerprint density at radius 3 is 2.43 bits per heavy atom.